The Hall–Kier alpha value is -2.02. The second-order valence-corrected chi connectivity index (χ2v) is 5.84. The van der Waals surface area contributed by atoms with Crippen LogP contribution in [0.1, 0.15) is 30.9 Å². The predicted octanol–water partition coefficient (Wildman–Crippen LogP) is 2.88. The first-order chi connectivity index (χ1) is 10.3. The Bertz CT molecular complexity index is 661. The fourth-order valence-corrected chi connectivity index (χ4v) is 3.02. The number of thioether (sulfide) groups is 1. The summed E-state index contributed by atoms with van der Waals surface area (Å²) in [7, 11) is 0. The molecule has 22 heavy (non-hydrogen) atoms. The first-order valence-electron chi connectivity index (χ1n) is 6.85. The van der Waals surface area contributed by atoms with Crippen molar-refractivity contribution in [3.63, 3.8) is 0 Å². The van der Waals surface area contributed by atoms with E-state index in [2.05, 4.69) is 0 Å². The van der Waals surface area contributed by atoms with Gasteiger partial charge in [-0.3, -0.25) is 14.5 Å². The summed E-state index contributed by atoms with van der Waals surface area (Å²) < 4.78 is 10.3. The summed E-state index contributed by atoms with van der Waals surface area (Å²) in [5.41, 5.74) is 0.742. The fourth-order valence-electron chi connectivity index (χ4n) is 2.12. The lowest BCUT2D eigenvalue weighted by atomic mass is 10.2. The molecule has 0 aromatic carbocycles. The van der Waals surface area contributed by atoms with E-state index in [1.807, 2.05) is 0 Å². The minimum absolute atomic E-state index is 0.197. The van der Waals surface area contributed by atoms with Gasteiger partial charge in [-0.25, -0.2) is 4.79 Å². The molecule has 1 aliphatic rings. The zero-order valence-electron chi connectivity index (χ0n) is 12.8. The lowest BCUT2D eigenvalue weighted by molar-refractivity contribution is -0.150. The summed E-state index contributed by atoms with van der Waals surface area (Å²) in [6.07, 6.45) is 1.61. The lowest BCUT2D eigenvalue weighted by Crippen LogP contribution is -2.42. The van der Waals surface area contributed by atoms with Crippen molar-refractivity contribution in [1.29, 1.82) is 0 Å². The van der Waals surface area contributed by atoms with Gasteiger partial charge in [-0.15, -0.1) is 0 Å². The zero-order chi connectivity index (χ0) is 16.4. The number of amides is 2. The summed E-state index contributed by atoms with van der Waals surface area (Å²) >= 11 is 0.808. The van der Waals surface area contributed by atoms with E-state index in [9.17, 15) is 14.4 Å². The van der Waals surface area contributed by atoms with Gasteiger partial charge in [-0.1, -0.05) is 0 Å². The van der Waals surface area contributed by atoms with Crippen LogP contribution in [0.2, 0.25) is 0 Å². The maximum absolute atomic E-state index is 12.4. The number of furan rings is 1. The summed E-state index contributed by atoms with van der Waals surface area (Å²) in [5.74, 6) is 0.306. The quantitative estimate of drug-likeness (QED) is 0.626. The van der Waals surface area contributed by atoms with Gasteiger partial charge in [0, 0.05) is 5.56 Å². The van der Waals surface area contributed by atoms with Crippen molar-refractivity contribution in [3.8, 4) is 0 Å². The first-order valence-corrected chi connectivity index (χ1v) is 7.67. The molecule has 0 aliphatic carbocycles. The van der Waals surface area contributed by atoms with E-state index < -0.39 is 23.2 Å². The van der Waals surface area contributed by atoms with E-state index in [-0.39, 0.29) is 11.5 Å². The smallest absolute Gasteiger partial charge is 0.329 e. The van der Waals surface area contributed by atoms with Crippen LogP contribution in [-0.2, 0) is 14.3 Å². The van der Waals surface area contributed by atoms with Crippen molar-refractivity contribution in [1.82, 2.24) is 4.90 Å². The molecule has 1 fully saturated rings. The van der Waals surface area contributed by atoms with E-state index in [1.165, 1.54) is 6.92 Å². The van der Waals surface area contributed by atoms with Crippen molar-refractivity contribution in [2.75, 3.05) is 6.61 Å². The number of hydrogen-bond donors (Lipinski definition) is 0. The van der Waals surface area contributed by atoms with E-state index in [4.69, 9.17) is 9.15 Å². The number of carbonyl (C=O) groups is 3. The van der Waals surface area contributed by atoms with Crippen LogP contribution < -0.4 is 0 Å². The van der Waals surface area contributed by atoms with Crippen molar-refractivity contribution in [3.05, 3.63) is 28.1 Å². The van der Waals surface area contributed by atoms with Crippen LogP contribution >= 0.6 is 11.8 Å². The van der Waals surface area contributed by atoms with Gasteiger partial charge in [0.1, 0.15) is 17.6 Å². The molecule has 0 saturated carbocycles. The number of rotatable bonds is 4. The highest BCUT2D eigenvalue weighted by Crippen LogP contribution is 2.34. The maximum atomic E-state index is 12.4. The Labute approximate surface area is 132 Å². The largest absolute Gasteiger partial charge is 0.466 e. The van der Waals surface area contributed by atoms with Gasteiger partial charge >= 0.3 is 5.97 Å². The van der Waals surface area contributed by atoms with Crippen molar-refractivity contribution >= 4 is 35.0 Å². The van der Waals surface area contributed by atoms with Crippen LogP contribution in [-0.4, -0.2) is 34.7 Å². The minimum Gasteiger partial charge on any atom is -0.466 e. The number of aryl methyl sites for hydroxylation is 2. The van der Waals surface area contributed by atoms with Gasteiger partial charge < -0.3 is 9.15 Å². The third-order valence-corrected chi connectivity index (χ3v) is 4.09. The first kappa shape index (κ1) is 16.4. The molecular weight excluding hydrogens is 306 g/mol. The lowest BCUT2D eigenvalue weighted by Gasteiger charge is -2.19. The normalized spacial score (nSPS) is 18.2. The molecule has 7 heteroatoms. The number of imide groups is 1. The molecule has 1 aromatic rings. The van der Waals surface area contributed by atoms with Gasteiger partial charge in [-0.2, -0.15) is 0 Å². The average Bonchev–Trinajstić information content (AvgIpc) is 2.89. The molecule has 1 aromatic heterocycles. The van der Waals surface area contributed by atoms with Crippen LogP contribution in [0.4, 0.5) is 4.79 Å². The van der Waals surface area contributed by atoms with Gasteiger partial charge in [0.05, 0.1) is 11.5 Å². The molecule has 0 radical (unpaired) electrons. The molecule has 1 aliphatic heterocycles. The van der Waals surface area contributed by atoms with Crippen molar-refractivity contribution < 1.29 is 23.5 Å². The Balaban J connectivity index is 2.25. The SMILES string of the molecule is CCOC(=O)C(C)N1C(=O)S/C(=C/c2cc(C)oc2C)C1=O. The number of nitrogens with zero attached hydrogens (tertiary/aromatic N) is 1. The molecule has 6 nitrogen and oxygen atoms in total. The number of esters is 1. The monoisotopic (exact) mass is 323 g/mol. The topological polar surface area (TPSA) is 76.8 Å². The molecule has 1 unspecified atom stereocenters. The van der Waals surface area contributed by atoms with E-state index in [1.54, 1.807) is 32.9 Å². The highest BCUT2D eigenvalue weighted by molar-refractivity contribution is 8.18. The molecule has 0 bridgehead atoms. The van der Waals surface area contributed by atoms with Crippen LogP contribution in [0, 0.1) is 13.8 Å². The highest BCUT2D eigenvalue weighted by Gasteiger charge is 2.41. The molecule has 1 saturated heterocycles. The average molecular weight is 323 g/mol. The molecule has 0 spiro atoms. The molecule has 2 amide bonds. The van der Waals surface area contributed by atoms with Crippen molar-refractivity contribution in [2.45, 2.75) is 33.7 Å². The number of hydrogen-bond acceptors (Lipinski definition) is 6. The van der Waals surface area contributed by atoms with Crippen LogP contribution in [0.3, 0.4) is 0 Å². The Morgan fingerprint density at radius 1 is 1.45 bits per heavy atom. The third kappa shape index (κ3) is 3.09. The zero-order valence-corrected chi connectivity index (χ0v) is 13.7. The minimum atomic E-state index is -0.939. The summed E-state index contributed by atoms with van der Waals surface area (Å²) in [4.78, 5) is 37.3. The van der Waals surface area contributed by atoms with Gasteiger partial charge in [0.2, 0.25) is 0 Å². The Morgan fingerprint density at radius 2 is 2.14 bits per heavy atom. The van der Waals surface area contributed by atoms with Gasteiger partial charge in [0.25, 0.3) is 11.1 Å². The summed E-state index contributed by atoms with van der Waals surface area (Å²) in [6.45, 7) is 6.93. The molecule has 0 N–H and O–H groups in total. The molecule has 1 atom stereocenters. The van der Waals surface area contributed by atoms with E-state index >= 15 is 0 Å². The van der Waals surface area contributed by atoms with Crippen LogP contribution in [0.25, 0.3) is 6.08 Å². The predicted molar refractivity (Wildman–Crippen MR) is 82.1 cm³/mol. The van der Waals surface area contributed by atoms with E-state index in [0.717, 1.165) is 28.0 Å². The van der Waals surface area contributed by atoms with Crippen LogP contribution in [0.15, 0.2) is 15.4 Å². The third-order valence-electron chi connectivity index (χ3n) is 3.20. The second kappa shape index (κ2) is 6.39. The maximum Gasteiger partial charge on any atom is 0.329 e. The molecule has 2 heterocycles. The molecule has 2 rings (SSSR count). The highest BCUT2D eigenvalue weighted by atomic mass is 32.2. The number of carbonyl (C=O) groups excluding carboxylic acids is 3. The molecular formula is C15H17NO5S. The van der Waals surface area contributed by atoms with Gasteiger partial charge in [-0.05, 0) is 51.6 Å². The van der Waals surface area contributed by atoms with E-state index in [0.29, 0.717) is 5.76 Å². The van der Waals surface area contributed by atoms with Crippen LogP contribution in [0.5, 0.6) is 0 Å². The summed E-state index contributed by atoms with van der Waals surface area (Å²) in [5, 5.41) is -0.477. The van der Waals surface area contributed by atoms with Gasteiger partial charge in [0.15, 0.2) is 0 Å². The second-order valence-electron chi connectivity index (χ2n) is 4.85. The number of ether oxygens (including phenoxy) is 1. The Morgan fingerprint density at radius 3 is 2.68 bits per heavy atom. The standard InChI is InChI=1S/C15H17NO5S/c1-5-20-14(18)9(3)16-13(17)12(22-15(16)19)7-11-6-8(2)21-10(11)4/h6-7,9H,5H2,1-4H3/b12-7+. The summed E-state index contributed by atoms with van der Waals surface area (Å²) in [6, 6.07) is 0.850. The Kier molecular flexibility index (Phi) is 4.75. The van der Waals surface area contributed by atoms with Crippen molar-refractivity contribution in [2.24, 2.45) is 0 Å². The molecule has 118 valence electrons. The fraction of sp³-hybridized carbons (Fsp3) is 0.400.